The molecular weight excluding hydrogens is 204 g/mol. The third-order valence-electron chi connectivity index (χ3n) is 2.73. The van der Waals surface area contributed by atoms with Crippen molar-refractivity contribution in [2.75, 3.05) is 13.2 Å². The summed E-state index contributed by atoms with van der Waals surface area (Å²) in [6.07, 6.45) is 1.95. The van der Waals surface area contributed by atoms with Gasteiger partial charge in [0, 0.05) is 5.56 Å². The number of hydrogen-bond donors (Lipinski definition) is 0. The molecule has 0 radical (unpaired) electrons. The molecule has 1 heterocycles. The van der Waals surface area contributed by atoms with E-state index in [1.807, 2.05) is 24.3 Å². The van der Waals surface area contributed by atoms with Crippen LogP contribution in [0.2, 0.25) is 0 Å². The first kappa shape index (κ1) is 11.0. The molecule has 0 bridgehead atoms. The van der Waals surface area contributed by atoms with Gasteiger partial charge >= 0.3 is 5.97 Å². The molecule has 16 heavy (non-hydrogen) atoms. The molecule has 0 N–H and O–H groups in total. The van der Waals surface area contributed by atoms with Crippen LogP contribution in [0.25, 0.3) is 0 Å². The minimum Gasteiger partial charge on any atom is -0.492 e. The summed E-state index contributed by atoms with van der Waals surface area (Å²) in [7, 11) is 0. The Hall–Kier alpha value is -1.51. The molecule has 3 heteroatoms. The van der Waals surface area contributed by atoms with E-state index in [0.717, 1.165) is 24.2 Å². The van der Waals surface area contributed by atoms with Gasteiger partial charge in [-0.15, -0.1) is 0 Å². The van der Waals surface area contributed by atoms with Crippen molar-refractivity contribution in [2.45, 2.75) is 25.7 Å². The highest BCUT2D eigenvalue weighted by Crippen LogP contribution is 2.34. The summed E-state index contributed by atoms with van der Waals surface area (Å²) >= 11 is 0. The topological polar surface area (TPSA) is 35.5 Å². The summed E-state index contributed by atoms with van der Waals surface area (Å²) < 4.78 is 10.6. The normalized spacial score (nSPS) is 17.7. The van der Waals surface area contributed by atoms with Gasteiger partial charge in [-0.05, 0) is 12.5 Å². The van der Waals surface area contributed by atoms with Crippen LogP contribution in [0.3, 0.4) is 0 Å². The van der Waals surface area contributed by atoms with Crippen molar-refractivity contribution in [2.24, 2.45) is 0 Å². The van der Waals surface area contributed by atoms with E-state index >= 15 is 0 Å². The second-order valence-corrected chi connectivity index (χ2v) is 3.92. The number of carbonyl (C=O) groups is 1. The summed E-state index contributed by atoms with van der Waals surface area (Å²) in [6, 6.07) is 7.63. The first-order valence-electron chi connectivity index (χ1n) is 5.71. The van der Waals surface area contributed by atoms with Gasteiger partial charge in [-0.2, -0.15) is 0 Å². The van der Waals surface area contributed by atoms with Crippen LogP contribution in [0, 0.1) is 0 Å². The molecule has 1 aliphatic rings. The Bertz CT molecular complexity index is 373. The zero-order chi connectivity index (χ0) is 11.4. The fraction of sp³-hybridized carbons (Fsp3) is 0.462. The van der Waals surface area contributed by atoms with Crippen molar-refractivity contribution in [3.8, 4) is 5.75 Å². The van der Waals surface area contributed by atoms with Crippen LogP contribution >= 0.6 is 0 Å². The quantitative estimate of drug-likeness (QED) is 0.577. The van der Waals surface area contributed by atoms with Crippen LogP contribution in [-0.4, -0.2) is 19.2 Å². The van der Waals surface area contributed by atoms with Gasteiger partial charge in [0.05, 0.1) is 6.61 Å². The lowest BCUT2D eigenvalue weighted by Crippen LogP contribution is -2.17. The lowest BCUT2D eigenvalue weighted by Gasteiger charge is -2.08. The molecule has 1 aliphatic heterocycles. The zero-order valence-corrected chi connectivity index (χ0v) is 9.44. The van der Waals surface area contributed by atoms with Crippen LogP contribution in [0.1, 0.15) is 31.2 Å². The van der Waals surface area contributed by atoms with Crippen LogP contribution in [-0.2, 0) is 9.53 Å². The van der Waals surface area contributed by atoms with Gasteiger partial charge in [-0.3, -0.25) is 4.79 Å². The highest BCUT2D eigenvalue weighted by molar-refractivity contribution is 5.80. The smallest absolute Gasteiger partial charge is 0.317 e. The molecule has 0 saturated heterocycles. The summed E-state index contributed by atoms with van der Waals surface area (Å²) in [6.45, 7) is 2.99. The number of carbonyl (C=O) groups excluding carboxylic acids is 1. The number of hydrogen-bond acceptors (Lipinski definition) is 3. The Balaban J connectivity index is 1.99. The molecule has 1 aromatic rings. The van der Waals surface area contributed by atoms with E-state index < -0.39 is 0 Å². The van der Waals surface area contributed by atoms with E-state index in [0.29, 0.717) is 13.2 Å². The molecule has 0 aromatic heterocycles. The fourth-order valence-electron chi connectivity index (χ4n) is 1.78. The van der Waals surface area contributed by atoms with E-state index in [9.17, 15) is 4.79 Å². The van der Waals surface area contributed by atoms with Crippen molar-refractivity contribution in [3.63, 3.8) is 0 Å². The zero-order valence-electron chi connectivity index (χ0n) is 9.44. The fourth-order valence-corrected chi connectivity index (χ4v) is 1.78. The average molecular weight is 220 g/mol. The van der Waals surface area contributed by atoms with Crippen molar-refractivity contribution >= 4 is 5.97 Å². The molecule has 86 valence electrons. The highest BCUT2D eigenvalue weighted by atomic mass is 16.5. The number of esters is 1. The van der Waals surface area contributed by atoms with Crippen molar-refractivity contribution in [3.05, 3.63) is 29.8 Å². The second kappa shape index (κ2) is 5.01. The van der Waals surface area contributed by atoms with Crippen LogP contribution in [0.4, 0.5) is 0 Å². The summed E-state index contributed by atoms with van der Waals surface area (Å²) in [4.78, 5) is 11.8. The van der Waals surface area contributed by atoms with Gasteiger partial charge < -0.3 is 9.47 Å². The third kappa shape index (κ3) is 2.18. The molecule has 1 aromatic carbocycles. The maximum atomic E-state index is 11.8. The van der Waals surface area contributed by atoms with Gasteiger partial charge in [0.2, 0.25) is 0 Å². The SMILES string of the molecule is CCCCOC(=O)C1COc2ccccc21. The summed E-state index contributed by atoms with van der Waals surface area (Å²) in [5, 5.41) is 0. The largest absolute Gasteiger partial charge is 0.492 e. The van der Waals surface area contributed by atoms with E-state index in [-0.39, 0.29) is 11.9 Å². The van der Waals surface area contributed by atoms with Crippen molar-refractivity contribution in [1.82, 2.24) is 0 Å². The Morgan fingerprint density at radius 1 is 1.50 bits per heavy atom. The Kier molecular flexibility index (Phi) is 3.44. The second-order valence-electron chi connectivity index (χ2n) is 3.92. The molecule has 0 saturated carbocycles. The molecule has 3 nitrogen and oxygen atoms in total. The lowest BCUT2D eigenvalue weighted by molar-refractivity contribution is -0.145. The number of benzene rings is 1. The van der Waals surface area contributed by atoms with Crippen molar-refractivity contribution in [1.29, 1.82) is 0 Å². The van der Waals surface area contributed by atoms with Gasteiger partial charge in [-0.25, -0.2) is 0 Å². The number of unbranched alkanes of at least 4 members (excludes halogenated alkanes) is 1. The van der Waals surface area contributed by atoms with Gasteiger partial charge in [0.25, 0.3) is 0 Å². The lowest BCUT2D eigenvalue weighted by atomic mass is 10.0. The Labute approximate surface area is 95.4 Å². The molecule has 0 fully saturated rings. The van der Waals surface area contributed by atoms with Crippen LogP contribution in [0.15, 0.2) is 24.3 Å². The van der Waals surface area contributed by atoms with E-state index in [1.165, 1.54) is 0 Å². The Morgan fingerprint density at radius 2 is 2.31 bits per heavy atom. The minimum atomic E-state index is -0.243. The maximum Gasteiger partial charge on any atom is 0.317 e. The molecule has 1 unspecified atom stereocenters. The van der Waals surface area contributed by atoms with Gasteiger partial charge in [0.15, 0.2) is 0 Å². The van der Waals surface area contributed by atoms with Crippen LogP contribution in [0.5, 0.6) is 5.75 Å². The Morgan fingerprint density at radius 3 is 3.12 bits per heavy atom. The number of rotatable bonds is 4. The standard InChI is InChI=1S/C13H16O3/c1-2-3-8-15-13(14)11-9-16-12-7-5-4-6-10(11)12/h4-7,11H,2-3,8-9H2,1H3. The van der Waals surface area contributed by atoms with Crippen molar-refractivity contribution < 1.29 is 14.3 Å². The number of fused-ring (bicyclic) bond motifs is 1. The van der Waals surface area contributed by atoms with Gasteiger partial charge in [-0.1, -0.05) is 31.5 Å². The van der Waals surface area contributed by atoms with Crippen LogP contribution < -0.4 is 4.74 Å². The number of para-hydroxylation sites is 1. The molecule has 2 rings (SSSR count). The average Bonchev–Trinajstić information content (AvgIpc) is 2.73. The monoisotopic (exact) mass is 220 g/mol. The predicted octanol–water partition coefficient (Wildman–Crippen LogP) is 2.51. The summed E-state index contributed by atoms with van der Waals surface area (Å²) in [5.74, 6) is 0.395. The summed E-state index contributed by atoms with van der Waals surface area (Å²) in [5.41, 5.74) is 0.948. The molecule has 0 aliphatic carbocycles. The van der Waals surface area contributed by atoms with E-state index in [2.05, 4.69) is 6.92 Å². The van der Waals surface area contributed by atoms with Gasteiger partial charge in [0.1, 0.15) is 18.3 Å². The molecule has 0 spiro atoms. The molecule has 0 amide bonds. The maximum absolute atomic E-state index is 11.8. The van der Waals surface area contributed by atoms with E-state index in [1.54, 1.807) is 0 Å². The first-order chi connectivity index (χ1) is 7.83. The predicted molar refractivity (Wildman–Crippen MR) is 60.5 cm³/mol. The van der Waals surface area contributed by atoms with E-state index in [4.69, 9.17) is 9.47 Å². The molecule has 1 atom stereocenters. The first-order valence-corrected chi connectivity index (χ1v) is 5.71. The molecular formula is C13H16O3. The minimum absolute atomic E-state index is 0.168. The highest BCUT2D eigenvalue weighted by Gasteiger charge is 2.31. The third-order valence-corrected chi connectivity index (χ3v) is 2.73. The number of ether oxygens (including phenoxy) is 2.